The van der Waals surface area contributed by atoms with Crippen LogP contribution in [0.5, 0.6) is 0 Å². The smallest absolute Gasteiger partial charge is 0.00365 e. The second-order valence-electron chi connectivity index (χ2n) is 4.92. The van der Waals surface area contributed by atoms with E-state index in [0.29, 0.717) is 0 Å². The van der Waals surface area contributed by atoms with E-state index in [9.17, 15) is 0 Å². The highest BCUT2D eigenvalue weighted by atomic mass is 32.2. The molecule has 2 rings (SSSR count). The van der Waals surface area contributed by atoms with Gasteiger partial charge in [0.1, 0.15) is 0 Å². The molecule has 0 aromatic carbocycles. The van der Waals surface area contributed by atoms with Crippen LogP contribution < -0.4 is 5.32 Å². The highest BCUT2D eigenvalue weighted by molar-refractivity contribution is 7.99. The minimum Gasteiger partial charge on any atom is -0.317 e. The topological polar surface area (TPSA) is 12.0 Å². The van der Waals surface area contributed by atoms with Crippen molar-refractivity contribution in [2.45, 2.75) is 32.6 Å². The van der Waals surface area contributed by atoms with Crippen molar-refractivity contribution in [3.8, 4) is 0 Å². The predicted octanol–water partition coefficient (Wildman–Crippen LogP) is 2.77. The van der Waals surface area contributed by atoms with Crippen molar-refractivity contribution in [2.75, 3.05) is 24.6 Å². The van der Waals surface area contributed by atoms with Crippen LogP contribution >= 0.6 is 11.8 Å². The Morgan fingerprint density at radius 2 is 1.93 bits per heavy atom. The largest absolute Gasteiger partial charge is 0.317 e. The third kappa shape index (κ3) is 2.66. The fourth-order valence-corrected chi connectivity index (χ4v) is 4.25. The molecule has 2 fully saturated rings. The Morgan fingerprint density at radius 3 is 2.57 bits per heavy atom. The molecule has 2 atom stereocenters. The van der Waals surface area contributed by atoms with Gasteiger partial charge in [0.05, 0.1) is 0 Å². The van der Waals surface area contributed by atoms with Gasteiger partial charge in [0, 0.05) is 0 Å². The van der Waals surface area contributed by atoms with Crippen molar-refractivity contribution >= 4 is 11.8 Å². The standard InChI is InChI=1S/C12H23NS/c1-10(11-4-6-13-7-5-11)12-3-2-8-14-9-12/h10-13H,2-9H2,1H3. The maximum Gasteiger partial charge on any atom is -0.00365 e. The van der Waals surface area contributed by atoms with Gasteiger partial charge >= 0.3 is 0 Å². The van der Waals surface area contributed by atoms with Gasteiger partial charge in [-0.1, -0.05) is 6.92 Å². The summed E-state index contributed by atoms with van der Waals surface area (Å²) in [7, 11) is 0. The lowest BCUT2D eigenvalue weighted by Gasteiger charge is -2.35. The van der Waals surface area contributed by atoms with Gasteiger partial charge in [0.15, 0.2) is 0 Å². The molecule has 0 aliphatic carbocycles. The van der Waals surface area contributed by atoms with E-state index >= 15 is 0 Å². The van der Waals surface area contributed by atoms with Crippen molar-refractivity contribution < 1.29 is 0 Å². The first-order valence-corrected chi connectivity index (χ1v) is 7.32. The Labute approximate surface area is 92.4 Å². The predicted molar refractivity (Wildman–Crippen MR) is 64.8 cm³/mol. The summed E-state index contributed by atoms with van der Waals surface area (Å²) in [5.41, 5.74) is 0. The SMILES string of the molecule is CC(C1CCNCC1)C1CCCSC1. The number of piperidine rings is 1. The van der Waals surface area contributed by atoms with E-state index in [-0.39, 0.29) is 0 Å². The van der Waals surface area contributed by atoms with Crippen LogP contribution in [0.25, 0.3) is 0 Å². The number of thioether (sulfide) groups is 1. The van der Waals surface area contributed by atoms with Crippen molar-refractivity contribution in [1.82, 2.24) is 5.32 Å². The number of hydrogen-bond donors (Lipinski definition) is 1. The van der Waals surface area contributed by atoms with Gasteiger partial charge in [-0.3, -0.25) is 0 Å². The molecule has 82 valence electrons. The van der Waals surface area contributed by atoms with Crippen LogP contribution in [0.15, 0.2) is 0 Å². The van der Waals surface area contributed by atoms with E-state index in [4.69, 9.17) is 0 Å². The maximum absolute atomic E-state index is 3.47. The summed E-state index contributed by atoms with van der Waals surface area (Å²) in [4.78, 5) is 0. The summed E-state index contributed by atoms with van der Waals surface area (Å²) in [6.45, 7) is 5.02. The Bertz CT molecular complexity index is 142. The van der Waals surface area contributed by atoms with Crippen LogP contribution in [-0.4, -0.2) is 24.6 Å². The van der Waals surface area contributed by atoms with E-state index in [1.165, 1.54) is 50.3 Å². The molecule has 0 amide bonds. The van der Waals surface area contributed by atoms with Crippen LogP contribution in [0, 0.1) is 17.8 Å². The Balaban J connectivity index is 1.82. The second kappa shape index (κ2) is 5.41. The molecule has 14 heavy (non-hydrogen) atoms. The zero-order chi connectivity index (χ0) is 9.80. The molecule has 2 saturated heterocycles. The molecule has 0 aromatic heterocycles. The molecule has 2 heteroatoms. The molecule has 0 saturated carbocycles. The van der Waals surface area contributed by atoms with Crippen molar-refractivity contribution in [2.24, 2.45) is 17.8 Å². The number of nitrogens with one attached hydrogen (secondary N) is 1. The molecule has 2 heterocycles. The molecule has 0 bridgehead atoms. The normalized spacial score (nSPS) is 32.8. The Hall–Kier alpha value is 0.310. The van der Waals surface area contributed by atoms with E-state index in [0.717, 1.165) is 17.8 Å². The number of rotatable bonds is 2. The molecule has 1 nitrogen and oxygen atoms in total. The van der Waals surface area contributed by atoms with Crippen LogP contribution in [0.4, 0.5) is 0 Å². The van der Waals surface area contributed by atoms with Crippen LogP contribution in [0.1, 0.15) is 32.6 Å². The molecule has 2 aliphatic rings. The summed E-state index contributed by atoms with van der Waals surface area (Å²) in [5, 5.41) is 3.47. The molecular formula is C12H23NS. The fourth-order valence-electron chi connectivity index (χ4n) is 2.94. The summed E-state index contributed by atoms with van der Waals surface area (Å²) < 4.78 is 0. The van der Waals surface area contributed by atoms with Crippen LogP contribution in [0.2, 0.25) is 0 Å². The molecule has 0 aromatic rings. The molecule has 0 spiro atoms. The molecular weight excluding hydrogens is 190 g/mol. The van der Waals surface area contributed by atoms with Crippen LogP contribution in [0.3, 0.4) is 0 Å². The highest BCUT2D eigenvalue weighted by Gasteiger charge is 2.27. The average Bonchev–Trinajstić information content (AvgIpc) is 2.30. The second-order valence-corrected chi connectivity index (χ2v) is 6.07. The van der Waals surface area contributed by atoms with Gasteiger partial charge < -0.3 is 5.32 Å². The van der Waals surface area contributed by atoms with Crippen molar-refractivity contribution in [3.63, 3.8) is 0 Å². The van der Waals surface area contributed by atoms with E-state index < -0.39 is 0 Å². The van der Waals surface area contributed by atoms with Crippen molar-refractivity contribution in [1.29, 1.82) is 0 Å². The lowest BCUT2D eigenvalue weighted by molar-refractivity contribution is 0.205. The zero-order valence-electron chi connectivity index (χ0n) is 9.30. The lowest BCUT2D eigenvalue weighted by atomic mass is 9.77. The van der Waals surface area contributed by atoms with E-state index in [1.807, 2.05) is 0 Å². The first-order valence-electron chi connectivity index (χ1n) is 6.16. The summed E-state index contributed by atoms with van der Waals surface area (Å²) in [6, 6.07) is 0. The molecule has 2 unspecified atom stereocenters. The van der Waals surface area contributed by atoms with Gasteiger partial charge in [0.2, 0.25) is 0 Å². The summed E-state index contributed by atoms with van der Waals surface area (Å²) >= 11 is 2.18. The van der Waals surface area contributed by atoms with Gasteiger partial charge in [-0.2, -0.15) is 11.8 Å². The zero-order valence-corrected chi connectivity index (χ0v) is 10.1. The fraction of sp³-hybridized carbons (Fsp3) is 1.00. The summed E-state index contributed by atoms with van der Waals surface area (Å²) in [5.74, 6) is 5.86. The molecule has 2 aliphatic heterocycles. The maximum atomic E-state index is 3.47. The number of hydrogen-bond acceptors (Lipinski definition) is 2. The summed E-state index contributed by atoms with van der Waals surface area (Å²) in [6.07, 6.45) is 5.80. The first kappa shape index (κ1) is 10.8. The molecule has 0 radical (unpaired) electrons. The monoisotopic (exact) mass is 213 g/mol. The minimum atomic E-state index is 0.977. The Morgan fingerprint density at radius 1 is 1.14 bits per heavy atom. The third-order valence-electron chi connectivity index (χ3n) is 4.07. The highest BCUT2D eigenvalue weighted by Crippen LogP contribution is 2.35. The Kier molecular flexibility index (Phi) is 4.18. The van der Waals surface area contributed by atoms with E-state index in [1.54, 1.807) is 0 Å². The van der Waals surface area contributed by atoms with E-state index in [2.05, 4.69) is 24.0 Å². The van der Waals surface area contributed by atoms with Gasteiger partial charge in [-0.05, 0) is 68.0 Å². The third-order valence-corrected chi connectivity index (χ3v) is 5.31. The van der Waals surface area contributed by atoms with Gasteiger partial charge in [-0.15, -0.1) is 0 Å². The van der Waals surface area contributed by atoms with Gasteiger partial charge in [0.25, 0.3) is 0 Å². The quantitative estimate of drug-likeness (QED) is 0.757. The van der Waals surface area contributed by atoms with Crippen LogP contribution in [-0.2, 0) is 0 Å². The lowest BCUT2D eigenvalue weighted by Crippen LogP contribution is -2.34. The van der Waals surface area contributed by atoms with Gasteiger partial charge in [-0.25, -0.2) is 0 Å². The van der Waals surface area contributed by atoms with Crippen molar-refractivity contribution in [3.05, 3.63) is 0 Å². The minimum absolute atomic E-state index is 0.977. The first-order chi connectivity index (χ1) is 6.88. The average molecular weight is 213 g/mol. The molecule has 1 N–H and O–H groups in total.